The average molecular weight is 307 g/mol. The predicted octanol–water partition coefficient (Wildman–Crippen LogP) is 1.86. The highest BCUT2D eigenvalue weighted by molar-refractivity contribution is 5.62. The molecule has 0 unspecified atom stereocenters. The van der Waals surface area contributed by atoms with E-state index in [4.69, 9.17) is 15.2 Å². The molecule has 1 aromatic rings. The third-order valence-electron chi connectivity index (χ3n) is 4.42. The van der Waals surface area contributed by atoms with E-state index >= 15 is 0 Å². The first-order chi connectivity index (χ1) is 10.7. The first-order valence-electron chi connectivity index (χ1n) is 8.13. The molecule has 5 heteroatoms. The molecule has 1 saturated heterocycles. The van der Waals surface area contributed by atoms with Gasteiger partial charge >= 0.3 is 0 Å². The molecule has 2 rings (SSSR count). The number of hydrogen-bond acceptors (Lipinski definition) is 5. The van der Waals surface area contributed by atoms with Crippen LogP contribution in [0.2, 0.25) is 0 Å². The maximum Gasteiger partial charge on any atom is 0.183 e. The fourth-order valence-corrected chi connectivity index (χ4v) is 3.03. The zero-order chi connectivity index (χ0) is 15.9. The van der Waals surface area contributed by atoms with Crippen LogP contribution < -0.4 is 15.2 Å². The Morgan fingerprint density at radius 1 is 1.05 bits per heavy atom. The van der Waals surface area contributed by atoms with E-state index in [0.29, 0.717) is 17.2 Å². The largest absolute Gasteiger partial charge is 0.493 e. The Morgan fingerprint density at radius 3 is 2.32 bits per heavy atom. The third kappa shape index (κ3) is 4.27. The lowest BCUT2D eigenvalue weighted by molar-refractivity contribution is 0.136. The maximum atomic E-state index is 6.03. The minimum absolute atomic E-state index is 0.627. The van der Waals surface area contributed by atoms with Crippen molar-refractivity contribution >= 4 is 5.69 Å². The molecule has 0 radical (unpaired) electrons. The van der Waals surface area contributed by atoms with E-state index in [1.54, 1.807) is 14.2 Å². The van der Waals surface area contributed by atoms with Gasteiger partial charge in [-0.1, -0.05) is 6.92 Å². The second kappa shape index (κ2) is 8.25. The van der Waals surface area contributed by atoms with Crippen LogP contribution in [0, 0.1) is 0 Å². The molecule has 5 nitrogen and oxygen atoms in total. The normalized spacial score (nSPS) is 16.7. The van der Waals surface area contributed by atoms with Crippen molar-refractivity contribution in [3.8, 4) is 11.5 Å². The van der Waals surface area contributed by atoms with E-state index in [-0.39, 0.29) is 0 Å². The van der Waals surface area contributed by atoms with Gasteiger partial charge in [-0.25, -0.2) is 0 Å². The molecule has 1 fully saturated rings. The molecule has 0 spiro atoms. The van der Waals surface area contributed by atoms with Gasteiger partial charge in [0.15, 0.2) is 11.5 Å². The fourth-order valence-electron chi connectivity index (χ4n) is 3.03. The van der Waals surface area contributed by atoms with Gasteiger partial charge in [0.2, 0.25) is 0 Å². The van der Waals surface area contributed by atoms with Crippen LogP contribution in [0.1, 0.15) is 18.9 Å². The lowest BCUT2D eigenvalue weighted by Gasteiger charge is -2.34. The molecule has 0 bridgehead atoms. The highest BCUT2D eigenvalue weighted by Crippen LogP contribution is 2.34. The molecule has 22 heavy (non-hydrogen) atoms. The van der Waals surface area contributed by atoms with Crippen molar-refractivity contribution in [1.29, 1.82) is 0 Å². The maximum absolute atomic E-state index is 6.03. The van der Waals surface area contributed by atoms with Gasteiger partial charge in [0.1, 0.15) is 0 Å². The van der Waals surface area contributed by atoms with Crippen LogP contribution in [0.3, 0.4) is 0 Å². The molecule has 2 N–H and O–H groups in total. The second-order valence-corrected chi connectivity index (χ2v) is 5.80. The number of likely N-dealkylation sites (N-methyl/N-ethyl adjacent to an activating group) is 1. The monoisotopic (exact) mass is 307 g/mol. The van der Waals surface area contributed by atoms with Gasteiger partial charge in [-0.2, -0.15) is 0 Å². The van der Waals surface area contributed by atoms with Gasteiger partial charge in [0, 0.05) is 26.2 Å². The Labute approximate surface area is 134 Å². The van der Waals surface area contributed by atoms with Crippen LogP contribution in [0.4, 0.5) is 5.69 Å². The van der Waals surface area contributed by atoms with Crippen molar-refractivity contribution in [2.75, 3.05) is 59.2 Å². The van der Waals surface area contributed by atoms with Crippen molar-refractivity contribution in [2.24, 2.45) is 0 Å². The quantitative estimate of drug-likeness (QED) is 0.779. The molecule has 0 aromatic heterocycles. The highest BCUT2D eigenvalue weighted by atomic mass is 16.5. The molecule has 1 aliphatic rings. The SMILES string of the molecule is CCN1CCN(CCCc2cc(N)c(OC)c(OC)c2)CC1. The minimum atomic E-state index is 0.627. The Balaban J connectivity index is 1.83. The number of nitrogen functional groups attached to an aromatic ring is 1. The van der Waals surface area contributed by atoms with Gasteiger partial charge < -0.3 is 25.0 Å². The van der Waals surface area contributed by atoms with E-state index in [0.717, 1.165) is 19.4 Å². The standard InChI is InChI=1S/C17H29N3O2/c1-4-19-8-10-20(11-9-19)7-5-6-14-12-15(18)17(22-3)16(13-14)21-2/h12-13H,4-11,18H2,1-3H3. The molecule has 0 atom stereocenters. The summed E-state index contributed by atoms with van der Waals surface area (Å²) < 4.78 is 10.6. The number of piperazine rings is 1. The molecule has 1 aliphatic heterocycles. The van der Waals surface area contributed by atoms with Crippen LogP contribution in [0.5, 0.6) is 11.5 Å². The molecule has 1 aromatic carbocycles. The molecule has 0 aliphatic carbocycles. The zero-order valence-electron chi connectivity index (χ0n) is 14.1. The lowest BCUT2D eigenvalue weighted by atomic mass is 10.1. The topological polar surface area (TPSA) is 51.0 Å². The average Bonchev–Trinajstić information content (AvgIpc) is 2.55. The van der Waals surface area contributed by atoms with Crippen LogP contribution in [-0.2, 0) is 6.42 Å². The van der Waals surface area contributed by atoms with Crippen LogP contribution in [0.15, 0.2) is 12.1 Å². The fraction of sp³-hybridized carbons (Fsp3) is 0.647. The summed E-state index contributed by atoms with van der Waals surface area (Å²) >= 11 is 0. The number of benzene rings is 1. The van der Waals surface area contributed by atoms with Gasteiger partial charge in [-0.05, 0) is 43.6 Å². The summed E-state index contributed by atoms with van der Waals surface area (Å²) in [7, 11) is 3.26. The molecular formula is C17H29N3O2. The number of methoxy groups -OCH3 is 2. The lowest BCUT2D eigenvalue weighted by Crippen LogP contribution is -2.46. The van der Waals surface area contributed by atoms with Crippen LogP contribution in [0.25, 0.3) is 0 Å². The number of ether oxygens (including phenoxy) is 2. The van der Waals surface area contributed by atoms with E-state index in [1.165, 1.54) is 38.3 Å². The van der Waals surface area contributed by atoms with Crippen molar-refractivity contribution in [1.82, 2.24) is 9.80 Å². The molecule has 0 saturated carbocycles. The minimum Gasteiger partial charge on any atom is -0.493 e. The van der Waals surface area contributed by atoms with Gasteiger partial charge in [-0.15, -0.1) is 0 Å². The number of hydrogen-bond donors (Lipinski definition) is 1. The number of anilines is 1. The van der Waals surface area contributed by atoms with Gasteiger partial charge in [0.25, 0.3) is 0 Å². The number of aryl methyl sites for hydroxylation is 1. The summed E-state index contributed by atoms with van der Waals surface area (Å²) in [5.74, 6) is 1.34. The summed E-state index contributed by atoms with van der Waals surface area (Å²) in [5.41, 5.74) is 7.89. The van der Waals surface area contributed by atoms with E-state index < -0.39 is 0 Å². The Kier molecular flexibility index (Phi) is 6.34. The van der Waals surface area contributed by atoms with Crippen molar-refractivity contribution in [2.45, 2.75) is 19.8 Å². The summed E-state index contributed by atoms with van der Waals surface area (Å²) in [4.78, 5) is 5.06. The summed E-state index contributed by atoms with van der Waals surface area (Å²) in [6.07, 6.45) is 2.15. The molecule has 0 amide bonds. The highest BCUT2D eigenvalue weighted by Gasteiger charge is 2.15. The number of nitrogens with two attached hydrogens (primary N) is 1. The van der Waals surface area contributed by atoms with Gasteiger partial charge in [0.05, 0.1) is 19.9 Å². The Hall–Kier alpha value is -1.46. The summed E-state index contributed by atoms with van der Waals surface area (Å²) in [6.45, 7) is 9.30. The zero-order valence-corrected chi connectivity index (χ0v) is 14.1. The Morgan fingerprint density at radius 2 is 1.73 bits per heavy atom. The van der Waals surface area contributed by atoms with E-state index in [1.807, 2.05) is 12.1 Å². The first kappa shape index (κ1) is 16.9. The van der Waals surface area contributed by atoms with Gasteiger partial charge in [-0.3, -0.25) is 0 Å². The third-order valence-corrected chi connectivity index (χ3v) is 4.42. The van der Waals surface area contributed by atoms with Crippen LogP contribution >= 0.6 is 0 Å². The molecular weight excluding hydrogens is 278 g/mol. The molecule has 124 valence electrons. The summed E-state index contributed by atoms with van der Waals surface area (Å²) in [5, 5.41) is 0. The second-order valence-electron chi connectivity index (χ2n) is 5.80. The molecule has 1 heterocycles. The van der Waals surface area contributed by atoms with Crippen molar-refractivity contribution in [3.05, 3.63) is 17.7 Å². The van der Waals surface area contributed by atoms with E-state index in [9.17, 15) is 0 Å². The number of nitrogens with zero attached hydrogens (tertiary/aromatic N) is 2. The van der Waals surface area contributed by atoms with E-state index in [2.05, 4.69) is 16.7 Å². The first-order valence-corrected chi connectivity index (χ1v) is 8.13. The summed E-state index contributed by atoms with van der Waals surface area (Å²) in [6, 6.07) is 4.03. The smallest absolute Gasteiger partial charge is 0.183 e. The predicted molar refractivity (Wildman–Crippen MR) is 90.8 cm³/mol. The van der Waals surface area contributed by atoms with Crippen LogP contribution in [-0.4, -0.2) is 63.3 Å². The Bertz CT molecular complexity index is 471. The number of rotatable bonds is 7. The van der Waals surface area contributed by atoms with Crippen molar-refractivity contribution in [3.63, 3.8) is 0 Å². The van der Waals surface area contributed by atoms with Crippen molar-refractivity contribution < 1.29 is 9.47 Å².